The van der Waals surface area contributed by atoms with E-state index < -0.39 is 22.6 Å². The van der Waals surface area contributed by atoms with Gasteiger partial charge in [0.05, 0.1) is 32.4 Å². The number of nitro benzene ring substituents is 1. The molecule has 0 bridgehead atoms. The smallest absolute Gasteiger partial charge is 0.269 e. The molecule has 1 aliphatic rings. The number of halogens is 1. The zero-order chi connectivity index (χ0) is 21.4. The minimum Gasteiger partial charge on any atom is -0.321 e. The number of carbonyl (C=O) groups is 3. The molecule has 0 unspecified atom stereocenters. The summed E-state index contributed by atoms with van der Waals surface area (Å²) < 4.78 is 0. The van der Waals surface area contributed by atoms with Gasteiger partial charge in [-0.05, 0) is 42.5 Å². The van der Waals surface area contributed by atoms with Crippen molar-refractivity contribution in [2.45, 2.75) is 0 Å². The number of hydrogen-bond donors (Lipinski definition) is 1. The molecule has 3 aromatic carbocycles. The largest absolute Gasteiger partial charge is 0.321 e. The Bertz CT molecular complexity index is 1190. The van der Waals surface area contributed by atoms with E-state index in [1.807, 2.05) is 0 Å². The summed E-state index contributed by atoms with van der Waals surface area (Å²) in [5.74, 6) is -1.41. The van der Waals surface area contributed by atoms with Crippen LogP contribution in [0.3, 0.4) is 0 Å². The first-order chi connectivity index (χ1) is 14.4. The Balaban J connectivity index is 1.55. The third-order valence-corrected chi connectivity index (χ3v) is 4.91. The number of fused-ring (bicyclic) bond motifs is 1. The van der Waals surface area contributed by atoms with Crippen LogP contribution in [0.5, 0.6) is 0 Å². The van der Waals surface area contributed by atoms with Crippen molar-refractivity contribution in [3.05, 3.63) is 98.6 Å². The number of benzene rings is 3. The van der Waals surface area contributed by atoms with Gasteiger partial charge in [-0.3, -0.25) is 24.5 Å². The molecular formula is C21H12ClN3O5. The molecule has 148 valence electrons. The second-order valence-corrected chi connectivity index (χ2v) is 6.82. The van der Waals surface area contributed by atoms with Gasteiger partial charge in [0.15, 0.2) is 0 Å². The Hall–Kier alpha value is -4.04. The number of nitrogens with zero attached hydrogens (tertiary/aromatic N) is 2. The number of carbonyl (C=O) groups excluding carboxylic acids is 3. The van der Waals surface area contributed by atoms with Gasteiger partial charge in [0.1, 0.15) is 0 Å². The maximum atomic E-state index is 12.6. The lowest BCUT2D eigenvalue weighted by molar-refractivity contribution is -0.384. The van der Waals surface area contributed by atoms with Crippen LogP contribution >= 0.6 is 11.6 Å². The first-order valence-corrected chi connectivity index (χ1v) is 9.08. The molecule has 0 atom stereocenters. The molecule has 0 saturated carbocycles. The Morgan fingerprint density at radius 3 is 2.07 bits per heavy atom. The van der Waals surface area contributed by atoms with Crippen LogP contribution in [0.1, 0.15) is 31.1 Å². The van der Waals surface area contributed by atoms with E-state index in [1.165, 1.54) is 42.5 Å². The highest BCUT2D eigenvalue weighted by Gasteiger charge is 2.36. The van der Waals surface area contributed by atoms with Crippen molar-refractivity contribution in [2.24, 2.45) is 0 Å². The van der Waals surface area contributed by atoms with E-state index in [0.29, 0.717) is 11.1 Å². The highest BCUT2D eigenvalue weighted by molar-refractivity contribution is 6.37. The fourth-order valence-corrected chi connectivity index (χ4v) is 3.32. The molecule has 3 aromatic rings. The highest BCUT2D eigenvalue weighted by Crippen LogP contribution is 2.33. The van der Waals surface area contributed by atoms with Crippen molar-refractivity contribution in [1.29, 1.82) is 0 Å². The summed E-state index contributed by atoms with van der Waals surface area (Å²) in [5, 5.41) is 13.4. The number of amides is 3. The van der Waals surface area contributed by atoms with Gasteiger partial charge in [-0.25, -0.2) is 4.90 Å². The lowest BCUT2D eigenvalue weighted by Gasteiger charge is -2.16. The Morgan fingerprint density at radius 2 is 1.53 bits per heavy atom. The van der Waals surface area contributed by atoms with Gasteiger partial charge >= 0.3 is 0 Å². The van der Waals surface area contributed by atoms with Crippen molar-refractivity contribution < 1.29 is 19.3 Å². The van der Waals surface area contributed by atoms with Crippen LogP contribution in [0.2, 0.25) is 5.02 Å². The molecule has 1 aliphatic heterocycles. The monoisotopic (exact) mass is 421 g/mol. The molecule has 0 fully saturated rings. The number of rotatable bonds is 4. The maximum Gasteiger partial charge on any atom is 0.269 e. The van der Waals surface area contributed by atoms with Crippen molar-refractivity contribution in [3.8, 4) is 0 Å². The zero-order valence-corrected chi connectivity index (χ0v) is 15.9. The lowest BCUT2D eigenvalue weighted by Crippen LogP contribution is -2.29. The van der Waals surface area contributed by atoms with Crippen LogP contribution in [-0.4, -0.2) is 22.6 Å². The maximum absolute atomic E-state index is 12.6. The van der Waals surface area contributed by atoms with E-state index in [0.717, 1.165) is 4.90 Å². The summed E-state index contributed by atoms with van der Waals surface area (Å²) in [6.07, 6.45) is 0. The first kappa shape index (κ1) is 19.3. The average Bonchev–Trinajstić information content (AvgIpc) is 3.00. The summed E-state index contributed by atoms with van der Waals surface area (Å²) >= 11 is 6.26. The molecule has 4 rings (SSSR count). The zero-order valence-electron chi connectivity index (χ0n) is 15.2. The topological polar surface area (TPSA) is 110 Å². The number of nitro groups is 1. The van der Waals surface area contributed by atoms with Gasteiger partial charge in [0.25, 0.3) is 23.4 Å². The molecule has 1 heterocycles. The fraction of sp³-hybridized carbons (Fsp3) is 0. The summed E-state index contributed by atoms with van der Waals surface area (Å²) in [4.78, 5) is 48.7. The Labute approximate surface area is 174 Å². The van der Waals surface area contributed by atoms with Crippen molar-refractivity contribution in [1.82, 2.24) is 0 Å². The highest BCUT2D eigenvalue weighted by atomic mass is 35.5. The fourth-order valence-electron chi connectivity index (χ4n) is 3.10. The van der Waals surface area contributed by atoms with Gasteiger partial charge in [-0.1, -0.05) is 23.7 Å². The number of nitrogens with one attached hydrogen (secondary N) is 1. The third kappa shape index (κ3) is 3.29. The van der Waals surface area contributed by atoms with Crippen LogP contribution in [0.15, 0.2) is 66.7 Å². The second-order valence-electron chi connectivity index (χ2n) is 6.41. The van der Waals surface area contributed by atoms with Crippen LogP contribution in [-0.2, 0) is 0 Å². The van der Waals surface area contributed by atoms with Gasteiger partial charge in [-0.2, -0.15) is 0 Å². The van der Waals surface area contributed by atoms with E-state index in [4.69, 9.17) is 11.6 Å². The van der Waals surface area contributed by atoms with Crippen molar-refractivity contribution in [2.75, 3.05) is 10.2 Å². The summed E-state index contributed by atoms with van der Waals surface area (Å²) in [6.45, 7) is 0. The first-order valence-electron chi connectivity index (χ1n) is 8.70. The second kappa shape index (κ2) is 7.41. The minimum absolute atomic E-state index is 0.124. The van der Waals surface area contributed by atoms with E-state index in [9.17, 15) is 24.5 Å². The molecule has 0 aliphatic carbocycles. The van der Waals surface area contributed by atoms with Gasteiger partial charge in [-0.15, -0.1) is 0 Å². The quantitative estimate of drug-likeness (QED) is 0.383. The molecule has 30 heavy (non-hydrogen) atoms. The van der Waals surface area contributed by atoms with E-state index in [1.54, 1.807) is 24.3 Å². The number of imide groups is 1. The van der Waals surface area contributed by atoms with Gasteiger partial charge in [0, 0.05) is 17.7 Å². The molecule has 0 spiro atoms. The minimum atomic E-state index is -0.559. The van der Waals surface area contributed by atoms with Crippen LogP contribution in [0, 0.1) is 10.1 Å². The molecule has 8 nitrogen and oxygen atoms in total. The molecule has 0 aromatic heterocycles. The third-order valence-electron chi connectivity index (χ3n) is 4.59. The Morgan fingerprint density at radius 1 is 0.933 bits per heavy atom. The van der Waals surface area contributed by atoms with Gasteiger partial charge in [0.2, 0.25) is 0 Å². The van der Waals surface area contributed by atoms with Crippen molar-refractivity contribution in [3.63, 3.8) is 0 Å². The van der Waals surface area contributed by atoms with Crippen LogP contribution < -0.4 is 10.2 Å². The normalized spacial score (nSPS) is 12.6. The summed E-state index contributed by atoms with van der Waals surface area (Å²) in [5.41, 5.74) is 1.25. The summed E-state index contributed by atoms with van der Waals surface area (Å²) in [7, 11) is 0. The predicted octanol–water partition coefficient (Wildman–Crippen LogP) is 4.30. The number of hydrogen-bond acceptors (Lipinski definition) is 5. The number of non-ortho nitro benzene ring substituents is 1. The SMILES string of the molecule is O=C(Nc1ccc(N2C(=O)c3ccccc3C2=O)cc1Cl)c1ccc([N+](=O)[O-])cc1. The number of anilines is 2. The molecular weight excluding hydrogens is 410 g/mol. The molecule has 0 radical (unpaired) electrons. The standard InChI is InChI=1S/C21H12ClN3O5/c22-17-11-14(24-20(27)15-3-1-2-4-16(15)21(24)28)9-10-18(17)23-19(26)12-5-7-13(8-6-12)25(29)30/h1-11H,(H,23,26). The van der Waals surface area contributed by atoms with Crippen LogP contribution in [0.25, 0.3) is 0 Å². The molecule has 3 amide bonds. The summed E-state index contributed by atoms with van der Waals surface area (Å²) in [6, 6.07) is 16.0. The van der Waals surface area contributed by atoms with Crippen molar-refractivity contribution >= 4 is 46.4 Å². The molecule has 9 heteroatoms. The average molecular weight is 422 g/mol. The molecule has 1 N–H and O–H groups in total. The van der Waals surface area contributed by atoms with E-state index >= 15 is 0 Å². The lowest BCUT2D eigenvalue weighted by atomic mass is 10.1. The predicted molar refractivity (Wildman–Crippen MR) is 110 cm³/mol. The molecule has 0 saturated heterocycles. The van der Waals surface area contributed by atoms with E-state index in [2.05, 4.69) is 5.32 Å². The Kier molecular flexibility index (Phi) is 4.77. The van der Waals surface area contributed by atoms with E-state index in [-0.39, 0.29) is 27.6 Å². The van der Waals surface area contributed by atoms with Crippen LogP contribution in [0.4, 0.5) is 17.1 Å². The van der Waals surface area contributed by atoms with Gasteiger partial charge < -0.3 is 5.32 Å².